The summed E-state index contributed by atoms with van der Waals surface area (Å²) in [6.07, 6.45) is 0.585. The lowest BCUT2D eigenvalue weighted by atomic mass is 10.0. The molecule has 0 aliphatic heterocycles. The number of carbonyl (C=O) groups excluding carboxylic acids is 2. The molecule has 0 radical (unpaired) electrons. The van der Waals surface area contributed by atoms with Gasteiger partial charge in [-0.05, 0) is 47.9 Å². The summed E-state index contributed by atoms with van der Waals surface area (Å²) < 4.78 is 0. The van der Waals surface area contributed by atoms with Crippen LogP contribution in [0.25, 0.3) is 0 Å². The molecule has 0 aromatic heterocycles. The van der Waals surface area contributed by atoms with Crippen LogP contribution in [-0.4, -0.2) is 29.3 Å². The summed E-state index contributed by atoms with van der Waals surface area (Å²) in [5.74, 6) is -0.317. The van der Waals surface area contributed by atoms with E-state index in [0.717, 1.165) is 16.7 Å². The van der Waals surface area contributed by atoms with Gasteiger partial charge in [-0.15, -0.1) is 0 Å². The molecule has 1 atom stereocenters. The average Bonchev–Trinajstić information content (AvgIpc) is 2.78. The molecule has 4 nitrogen and oxygen atoms in total. The molecule has 0 bridgehead atoms. The van der Waals surface area contributed by atoms with Gasteiger partial charge in [0, 0.05) is 29.6 Å². The van der Waals surface area contributed by atoms with Crippen LogP contribution in [-0.2, 0) is 29.0 Å². The lowest BCUT2D eigenvalue weighted by Gasteiger charge is -2.31. The predicted octanol–water partition coefficient (Wildman–Crippen LogP) is 5.31. The van der Waals surface area contributed by atoms with Gasteiger partial charge in [-0.3, -0.25) is 9.59 Å². The van der Waals surface area contributed by atoms with E-state index in [0.29, 0.717) is 23.0 Å². The SMILES string of the molecule is CCNC(=O)C(Cc1ccccc1)N(Cc1cccc(Cl)c1)C(=O)Cc1ccc(Cl)cc1. The Hall–Kier alpha value is -2.82. The van der Waals surface area contributed by atoms with Crippen LogP contribution in [0.5, 0.6) is 0 Å². The van der Waals surface area contributed by atoms with Crippen LogP contribution in [0.4, 0.5) is 0 Å². The van der Waals surface area contributed by atoms with Gasteiger partial charge in [0.25, 0.3) is 0 Å². The van der Waals surface area contributed by atoms with E-state index >= 15 is 0 Å². The van der Waals surface area contributed by atoms with Crippen LogP contribution < -0.4 is 5.32 Å². The second-order valence-electron chi connectivity index (χ2n) is 7.55. The summed E-state index contributed by atoms with van der Waals surface area (Å²) in [5.41, 5.74) is 2.69. The largest absolute Gasteiger partial charge is 0.355 e. The zero-order valence-electron chi connectivity index (χ0n) is 17.9. The first-order valence-corrected chi connectivity index (χ1v) is 11.3. The van der Waals surface area contributed by atoms with Gasteiger partial charge in [-0.2, -0.15) is 0 Å². The molecule has 6 heteroatoms. The van der Waals surface area contributed by atoms with Crippen LogP contribution in [0, 0.1) is 0 Å². The van der Waals surface area contributed by atoms with Crippen molar-refractivity contribution in [3.8, 4) is 0 Å². The molecule has 0 aliphatic rings. The highest BCUT2D eigenvalue weighted by Gasteiger charge is 2.30. The maximum Gasteiger partial charge on any atom is 0.243 e. The van der Waals surface area contributed by atoms with Crippen LogP contribution in [0.2, 0.25) is 10.0 Å². The molecule has 0 spiro atoms. The number of hydrogen-bond acceptors (Lipinski definition) is 2. The van der Waals surface area contributed by atoms with Crippen molar-refractivity contribution in [2.24, 2.45) is 0 Å². The molecule has 3 rings (SSSR count). The fraction of sp³-hybridized carbons (Fsp3) is 0.231. The maximum atomic E-state index is 13.5. The van der Waals surface area contributed by atoms with E-state index in [1.807, 2.05) is 67.6 Å². The van der Waals surface area contributed by atoms with Gasteiger partial charge in [0.1, 0.15) is 6.04 Å². The van der Waals surface area contributed by atoms with E-state index in [1.165, 1.54) is 0 Å². The zero-order valence-corrected chi connectivity index (χ0v) is 19.4. The van der Waals surface area contributed by atoms with E-state index in [2.05, 4.69) is 5.32 Å². The number of benzene rings is 3. The van der Waals surface area contributed by atoms with Crippen LogP contribution in [0.3, 0.4) is 0 Å². The van der Waals surface area contributed by atoms with Crippen molar-refractivity contribution in [1.82, 2.24) is 10.2 Å². The van der Waals surface area contributed by atoms with Gasteiger partial charge in [-0.25, -0.2) is 0 Å². The monoisotopic (exact) mass is 468 g/mol. The van der Waals surface area contributed by atoms with Gasteiger partial charge in [-0.1, -0.05) is 77.8 Å². The molecule has 0 saturated heterocycles. The van der Waals surface area contributed by atoms with Crippen LogP contribution in [0.1, 0.15) is 23.6 Å². The van der Waals surface area contributed by atoms with E-state index in [-0.39, 0.29) is 24.8 Å². The zero-order chi connectivity index (χ0) is 22.9. The molecule has 1 unspecified atom stereocenters. The molecular formula is C26H26Cl2N2O2. The van der Waals surface area contributed by atoms with Gasteiger partial charge < -0.3 is 10.2 Å². The van der Waals surface area contributed by atoms with Crippen molar-refractivity contribution in [2.45, 2.75) is 32.4 Å². The summed E-state index contributed by atoms with van der Waals surface area (Å²) in [5, 5.41) is 4.09. The number of amides is 2. The molecule has 32 heavy (non-hydrogen) atoms. The lowest BCUT2D eigenvalue weighted by Crippen LogP contribution is -2.50. The number of nitrogens with zero attached hydrogens (tertiary/aromatic N) is 1. The Balaban J connectivity index is 1.94. The Morgan fingerprint density at radius 2 is 1.53 bits per heavy atom. The number of nitrogens with one attached hydrogen (secondary N) is 1. The molecule has 0 heterocycles. The quantitative estimate of drug-likeness (QED) is 0.462. The highest BCUT2D eigenvalue weighted by Crippen LogP contribution is 2.19. The molecule has 2 amide bonds. The molecule has 0 saturated carbocycles. The number of rotatable bonds is 9. The average molecular weight is 469 g/mol. The lowest BCUT2D eigenvalue weighted by molar-refractivity contribution is -0.140. The first-order valence-electron chi connectivity index (χ1n) is 10.6. The van der Waals surface area contributed by atoms with Crippen molar-refractivity contribution in [1.29, 1.82) is 0 Å². The number of halogens is 2. The Labute approximate surface area is 199 Å². The number of hydrogen-bond donors (Lipinski definition) is 1. The third-order valence-electron chi connectivity index (χ3n) is 5.13. The Morgan fingerprint density at radius 3 is 2.19 bits per heavy atom. The standard InChI is InChI=1S/C26H26Cl2N2O2/c1-2-29-26(32)24(16-19-7-4-3-5-8-19)30(18-21-9-6-10-23(28)15-21)25(31)17-20-11-13-22(27)14-12-20/h3-15,24H,2,16-18H2,1H3,(H,29,32). The van der Waals surface area contributed by atoms with E-state index < -0.39 is 6.04 Å². The highest BCUT2D eigenvalue weighted by atomic mass is 35.5. The molecule has 3 aromatic rings. The first-order chi connectivity index (χ1) is 15.5. The van der Waals surface area contributed by atoms with E-state index in [1.54, 1.807) is 23.1 Å². The second kappa shape index (κ2) is 11.7. The summed E-state index contributed by atoms with van der Waals surface area (Å²) in [6, 6.07) is 23.6. The van der Waals surface area contributed by atoms with Crippen molar-refractivity contribution in [3.63, 3.8) is 0 Å². The van der Waals surface area contributed by atoms with Gasteiger partial charge in [0.2, 0.25) is 11.8 Å². The van der Waals surface area contributed by atoms with Crippen LogP contribution in [0.15, 0.2) is 78.9 Å². The summed E-state index contributed by atoms with van der Waals surface area (Å²) in [7, 11) is 0. The van der Waals surface area contributed by atoms with Crippen LogP contribution >= 0.6 is 23.2 Å². The Kier molecular flexibility index (Phi) is 8.72. The maximum absolute atomic E-state index is 13.5. The van der Waals surface area contributed by atoms with Crippen molar-refractivity contribution >= 4 is 35.0 Å². The number of likely N-dealkylation sites (N-methyl/N-ethyl adjacent to an activating group) is 1. The smallest absolute Gasteiger partial charge is 0.243 e. The molecule has 0 aliphatic carbocycles. The molecular weight excluding hydrogens is 443 g/mol. The van der Waals surface area contributed by atoms with Gasteiger partial charge in [0.15, 0.2) is 0 Å². The van der Waals surface area contributed by atoms with Gasteiger partial charge in [0.05, 0.1) is 6.42 Å². The van der Waals surface area contributed by atoms with E-state index in [4.69, 9.17) is 23.2 Å². The summed E-state index contributed by atoms with van der Waals surface area (Å²) >= 11 is 12.2. The topological polar surface area (TPSA) is 49.4 Å². The Bertz CT molecular complexity index is 1040. The second-order valence-corrected chi connectivity index (χ2v) is 8.43. The summed E-state index contributed by atoms with van der Waals surface area (Å²) in [6.45, 7) is 2.64. The minimum absolute atomic E-state index is 0.139. The molecule has 0 fully saturated rings. The fourth-order valence-electron chi connectivity index (χ4n) is 3.56. The first kappa shape index (κ1) is 23.8. The third kappa shape index (κ3) is 6.84. The Morgan fingerprint density at radius 1 is 0.844 bits per heavy atom. The van der Waals surface area contributed by atoms with Gasteiger partial charge >= 0.3 is 0 Å². The minimum atomic E-state index is -0.656. The van der Waals surface area contributed by atoms with E-state index in [9.17, 15) is 9.59 Å². The minimum Gasteiger partial charge on any atom is -0.355 e. The number of carbonyl (C=O) groups is 2. The third-order valence-corrected chi connectivity index (χ3v) is 5.62. The molecule has 166 valence electrons. The van der Waals surface area contributed by atoms with Crippen molar-refractivity contribution in [2.75, 3.05) is 6.54 Å². The molecule has 3 aromatic carbocycles. The highest BCUT2D eigenvalue weighted by molar-refractivity contribution is 6.30. The van der Waals surface area contributed by atoms with Crippen molar-refractivity contribution < 1.29 is 9.59 Å². The summed E-state index contributed by atoms with van der Waals surface area (Å²) in [4.78, 5) is 28.3. The van der Waals surface area contributed by atoms with Crippen molar-refractivity contribution in [3.05, 3.63) is 106 Å². The fourth-order valence-corrected chi connectivity index (χ4v) is 3.90. The predicted molar refractivity (Wildman–Crippen MR) is 130 cm³/mol. The normalized spacial score (nSPS) is 11.6. The molecule has 1 N–H and O–H groups in total.